The van der Waals surface area contributed by atoms with E-state index in [2.05, 4.69) is 60.4 Å². The molecule has 1 nitrogen and oxygen atoms in total. The van der Waals surface area contributed by atoms with Crippen LogP contribution in [0.1, 0.15) is 61.3 Å². The Morgan fingerprint density at radius 3 is 1.73 bits per heavy atom. The van der Waals surface area contributed by atoms with Gasteiger partial charge in [0.1, 0.15) is 0 Å². The van der Waals surface area contributed by atoms with Gasteiger partial charge < -0.3 is 5.73 Å². The Hall–Kier alpha value is -0.640. The molecule has 0 bridgehead atoms. The summed E-state index contributed by atoms with van der Waals surface area (Å²) in [6, 6.07) is 2.55. The molecule has 0 saturated carbocycles. The SMILES string of the molecule is CCC(C)(C)C(C)(C)CC(C)(C)C#CN. The van der Waals surface area contributed by atoms with Crippen LogP contribution in [0.5, 0.6) is 0 Å². The molecule has 0 heterocycles. The molecule has 0 aromatic heterocycles. The predicted octanol–water partition coefficient (Wildman–Crippen LogP) is 3.78. The average molecular weight is 209 g/mol. The lowest BCUT2D eigenvalue weighted by Gasteiger charge is -2.44. The lowest BCUT2D eigenvalue weighted by molar-refractivity contribution is 0.0652. The smallest absolute Gasteiger partial charge is 0.0281 e. The second-order valence-corrected chi connectivity index (χ2v) is 6.45. The van der Waals surface area contributed by atoms with Gasteiger partial charge in [0.2, 0.25) is 0 Å². The molecule has 0 aliphatic heterocycles. The van der Waals surface area contributed by atoms with E-state index in [0.29, 0.717) is 5.41 Å². The maximum absolute atomic E-state index is 5.31. The number of hydrogen-bond acceptors (Lipinski definition) is 1. The predicted molar refractivity (Wildman–Crippen MR) is 68.2 cm³/mol. The minimum atomic E-state index is 0.00465. The third-order valence-corrected chi connectivity index (χ3v) is 4.01. The van der Waals surface area contributed by atoms with Crippen LogP contribution in [0.2, 0.25) is 0 Å². The Balaban J connectivity index is 4.83. The molecule has 0 amide bonds. The van der Waals surface area contributed by atoms with Gasteiger partial charge in [-0.15, -0.1) is 0 Å². The summed E-state index contributed by atoms with van der Waals surface area (Å²) >= 11 is 0. The monoisotopic (exact) mass is 209 g/mol. The molecule has 0 saturated heterocycles. The average Bonchev–Trinajstić information content (AvgIpc) is 2.01. The van der Waals surface area contributed by atoms with Crippen molar-refractivity contribution in [2.45, 2.75) is 61.3 Å². The van der Waals surface area contributed by atoms with Crippen LogP contribution in [0, 0.1) is 28.2 Å². The van der Waals surface area contributed by atoms with Gasteiger partial charge in [0, 0.05) is 11.5 Å². The van der Waals surface area contributed by atoms with Gasteiger partial charge in [-0.25, -0.2) is 0 Å². The Bertz CT molecular complexity index is 261. The van der Waals surface area contributed by atoms with Gasteiger partial charge in [-0.05, 0) is 31.1 Å². The summed E-state index contributed by atoms with van der Waals surface area (Å²) in [5.41, 5.74) is 5.93. The lowest BCUT2D eigenvalue weighted by atomic mass is 9.60. The normalized spacial score (nSPS) is 13.3. The van der Waals surface area contributed by atoms with E-state index in [9.17, 15) is 0 Å². The van der Waals surface area contributed by atoms with Gasteiger partial charge in [0.15, 0.2) is 0 Å². The molecule has 15 heavy (non-hydrogen) atoms. The molecule has 0 spiro atoms. The summed E-state index contributed by atoms with van der Waals surface area (Å²) in [5, 5.41) is 0. The summed E-state index contributed by atoms with van der Waals surface area (Å²) in [6.07, 6.45) is 2.26. The van der Waals surface area contributed by atoms with Crippen LogP contribution in [-0.2, 0) is 0 Å². The fourth-order valence-corrected chi connectivity index (χ4v) is 2.06. The first-order chi connectivity index (χ1) is 6.58. The quantitative estimate of drug-likeness (QED) is 0.553. The molecule has 0 aromatic rings. The molecule has 0 radical (unpaired) electrons. The van der Waals surface area contributed by atoms with E-state index in [4.69, 9.17) is 5.73 Å². The third kappa shape index (κ3) is 3.78. The zero-order valence-electron chi connectivity index (χ0n) is 11.5. The molecule has 88 valence electrons. The van der Waals surface area contributed by atoms with E-state index in [1.165, 1.54) is 6.42 Å². The molecular formula is C14H27N. The van der Waals surface area contributed by atoms with E-state index >= 15 is 0 Å². The first-order valence-corrected chi connectivity index (χ1v) is 5.81. The van der Waals surface area contributed by atoms with Crippen molar-refractivity contribution in [3.05, 3.63) is 0 Å². The van der Waals surface area contributed by atoms with E-state index in [1.807, 2.05) is 0 Å². The van der Waals surface area contributed by atoms with Gasteiger partial charge in [-0.1, -0.05) is 47.0 Å². The molecule has 0 aliphatic rings. The lowest BCUT2D eigenvalue weighted by Crippen LogP contribution is -2.35. The number of hydrogen-bond donors (Lipinski definition) is 1. The minimum Gasteiger partial charge on any atom is -0.359 e. The topological polar surface area (TPSA) is 26.0 Å². The molecule has 0 fully saturated rings. The number of nitrogens with two attached hydrogens (primary N) is 1. The van der Waals surface area contributed by atoms with Gasteiger partial charge in [-0.2, -0.15) is 0 Å². The van der Waals surface area contributed by atoms with Crippen molar-refractivity contribution in [3.8, 4) is 12.0 Å². The molecule has 2 N–H and O–H groups in total. The zero-order valence-corrected chi connectivity index (χ0v) is 11.5. The van der Waals surface area contributed by atoms with Gasteiger partial charge in [0.05, 0.1) is 0 Å². The van der Waals surface area contributed by atoms with Gasteiger partial charge >= 0.3 is 0 Å². The first kappa shape index (κ1) is 14.4. The Kier molecular flexibility index (Phi) is 4.28. The van der Waals surface area contributed by atoms with Crippen LogP contribution in [0.4, 0.5) is 0 Å². The molecule has 0 aliphatic carbocycles. The van der Waals surface area contributed by atoms with Crippen molar-refractivity contribution in [2.75, 3.05) is 0 Å². The van der Waals surface area contributed by atoms with Crippen molar-refractivity contribution in [3.63, 3.8) is 0 Å². The zero-order chi connectivity index (χ0) is 12.3. The van der Waals surface area contributed by atoms with Crippen molar-refractivity contribution >= 4 is 0 Å². The molecular weight excluding hydrogens is 182 g/mol. The van der Waals surface area contributed by atoms with Crippen LogP contribution in [0.3, 0.4) is 0 Å². The highest BCUT2D eigenvalue weighted by Gasteiger charge is 2.39. The fraction of sp³-hybridized carbons (Fsp3) is 0.857. The molecule has 0 aromatic carbocycles. The standard InChI is InChI=1S/C14H27N/c1-8-13(4,5)14(6,7)11-12(2,3)9-10-15/h8,11,15H2,1-7H3. The largest absolute Gasteiger partial charge is 0.359 e. The molecule has 0 atom stereocenters. The van der Waals surface area contributed by atoms with Crippen LogP contribution in [0.25, 0.3) is 0 Å². The Morgan fingerprint density at radius 1 is 0.933 bits per heavy atom. The van der Waals surface area contributed by atoms with Crippen LogP contribution < -0.4 is 5.73 Å². The van der Waals surface area contributed by atoms with Crippen molar-refractivity contribution < 1.29 is 0 Å². The summed E-state index contributed by atoms with van der Waals surface area (Å²) in [7, 11) is 0. The van der Waals surface area contributed by atoms with E-state index in [-0.39, 0.29) is 10.8 Å². The maximum Gasteiger partial charge on any atom is 0.0281 e. The highest BCUT2D eigenvalue weighted by Crippen LogP contribution is 2.47. The second-order valence-electron chi connectivity index (χ2n) is 6.45. The fourth-order valence-electron chi connectivity index (χ4n) is 2.06. The molecule has 1 heteroatoms. The van der Waals surface area contributed by atoms with Crippen molar-refractivity contribution in [1.29, 1.82) is 0 Å². The summed E-state index contributed by atoms with van der Waals surface area (Å²) in [6.45, 7) is 15.9. The highest BCUT2D eigenvalue weighted by molar-refractivity contribution is 5.08. The Morgan fingerprint density at radius 2 is 1.40 bits per heavy atom. The summed E-state index contributed by atoms with van der Waals surface area (Å²) in [5.74, 6) is 3.10. The van der Waals surface area contributed by atoms with E-state index in [1.54, 1.807) is 0 Å². The van der Waals surface area contributed by atoms with Crippen molar-refractivity contribution in [1.82, 2.24) is 0 Å². The maximum atomic E-state index is 5.31. The molecule has 0 rings (SSSR count). The van der Waals surface area contributed by atoms with Crippen LogP contribution in [0.15, 0.2) is 0 Å². The summed E-state index contributed by atoms with van der Waals surface area (Å²) < 4.78 is 0. The third-order valence-electron chi connectivity index (χ3n) is 4.01. The minimum absolute atomic E-state index is 0.00465. The highest BCUT2D eigenvalue weighted by atomic mass is 14.5. The van der Waals surface area contributed by atoms with Crippen molar-refractivity contribution in [2.24, 2.45) is 22.0 Å². The van der Waals surface area contributed by atoms with E-state index in [0.717, 1.165) is 6.42 Å². The van der Waals surface area contributed by atoms with Gasteiger partial charge in [0.25, 0.3) is 0 Å². The van der Waals surface area contributed by atoms with Crippen LogP contribution >= 0.6 is 0 Å². The Labute approximate surface area is 95.8 Å². The van der Waals surface area contributed by atoms with E-state index < -0.39 is 0 Å². The van der Waals surface area contributed by atoms with Crippen LogP contribution in [-0.4, -0.2) is 0 Å². The van der Waals surface area contributed by atoms with Gasteiger partial charge in [-0.3, -0.25) is 0 Å². The first-order valence-electron chi connectivity index (χ1n) is 5.81. The summed E-state index contributed by atoms with van der Waals surface area (Å²) in [4.78, 5) is 0. The number of rotatable bonds is 4. The molecule has 0 unspecified atom stereocenters. The second kappa shape index (κ2) is 4.47.